The van der Waals surface area contributed by atoms with Gasteiger partial charge in [-0.15, -0.1) is 0 Å². The minimum Gasteiger partial charge on any atom is -0.481 e. The molecule has 50 heavy (non-hydrogen) atoms. The summed E-state index contributed by atoms with van der Waals surface area (Å²) >= 11 is 0. The van der Waals surface area contributed by atoms with Gasteiger partial charge in [0.05, 0.1) is 25.7 Å². The zero-order valence-corrected chi connectivity index (χ0v) is 27.0. The van der Waals surface area contributed by atoms with Gasteiger partial charge in [-0.2, -0.15) is 0 Å². The van der Waals surface area contributed by atoms with E-state index in [2.05, 4.69) is 10.6 Å². The number of hydrogen-bond acceptors (Lipinski definition) is 17. The Morgan fingerprint density at radius 2 is 1.28 bits per heavy atom. The van der Waals surface area contributed by atoms with E-state index < -0.39 is 123 Å². The fourth-order valence-corrected chi connectivity index (χ4v) is 5.68. The SMILES string of the molecule is CC(=O)N[C@H]1[C@H](Oc2ccc(NC(=O)CCC(=O)O)cc2)O[C@H](CO)[C@@H](O[C@@H]2O[C@H](CO)[C@H](O)[C@H](O)[C@H]2O)[C@@H]1O[C@@H]1O[C@@H](C)[C@@H](O)[C@@H](O)[C@@H]1O. The molecule has 0 unspecified atom stereocenters. The topological polar surface area (TPSA) is 313 Å². The lowest BCUT2D eigenvalue weighted by molar-refractivity contribution is -0.368. The van der Waals surface area contributed by atoms with Crippen LogP contribution in [0.4, 0.5) is 5.69 Å². The predicted octanol–water partition coefficient (Wildman–Crippen LogP) is -4.51. The van der Waals surface area contributed by atoms with Gasteiger partial charge in [-0.1, -0.05) is 0 Å². The van der Waals surface area contributed by atoms with Gasteiger partial charge in [0.25, 0.3) is 0 Å². The lowest BCUT2D eigenvalue weighted by Crippen LogP contribution is -2.70. The first-order chi connectivity index (χ1) is 23.6. The van der Waals surface area contributed by atoms with Crippen molar-refractivity contribution >= 4 is 23.5 Å². The number of carboxylic acid groups (broad SMARTS) is 1. The molecule has 0 bridgehead atoms. The van der Waals surface area contributed by atoms with Gasteiger partial charge in [0.2, 0.25) is 18.1 Å². The molecule has 282 valence electrons. The Morgan fingerprint density at radius 3 is 1.86 bits per heavy atom. The number of aliphatic carboxylic acids is 1. The molecule has 0 aliphatic carbocycles. The van der Waals surface area contributed by atoms with Crippen molar-refractivity contribution in [2.75, 3.05) is 18.5 Å². The standard InChI is InChI=1S/C30H44N2O18/c1-11-20(39)22(41)24(43)29(45-11)50-27-19(31-12(2)35)28(46-14-5-3-13(4-6-14)32-17(36)7-8-18(37)38)48-16(10-34)26(27)49-30-25(44)23(42)21(40)15(9-33)47-30/h3-6,11,15-16,19-30,33-34,39-44H,7-10H2,1-2H3,(H,31,35)(H,32,36)(H,37,38)/t11-,15+,16+,19+,20+,21-,22+,23-,24-,25+,26+,27+,28+,29-,30-/m0/s1. The average Bonchev–Trinajstić information content (AvgIpc) is 3.08. The molecule has 11 N–H and O–H groups in total. The third-order valence-electron chi connectivity index (χ3n) is 8.39. The van der Waals surface area contributed by atoms with Crippen LogP contribution in [0.3, 0.4) is 0 Å². The quantitative estimate of drug-likeness (QED) is 0.0914. The Labute approximate surface area is 285 Å². The number of nitrogens with one attached hydrogen (secondary N) is 2. The maximum atomic E-state index is 12.5. The second-order valence-electron chi connectivity index (χ2n) is 12.1. The summed E-state index contributed by atoms with van der Waals surface area (Å²) < 4.78 is 35.2. The fourth-order valence-electron chi connectivity index (χ4n) is 5.68. The summed E-state index contributed by atoms with van der Waals surface area (Å²) in [4.78, 5) is 35.3. The Morgan fingerprint density at radius 1 is 0.720 bits per heavy atom. The first kappa shape index (κ1) is 39.7. The van der Waals surface area contributed by atoms with E-state index in [0.29, 0.717) is 5.69 Å². The molecule has 1 aromatic carbocycles. The summed E-state index contributed by atoms with van der Waals surface area (Å²) in [5.74, 6) is -2.22. The zero-order chi connectivity index (χ0) is 36.9. The minimum absolute atomic E-state index is 0.110. The van der Waals surface area contributed by atoms with Gasteiger partial charge in [-0.25, -0.2) is 0 Å². The van der Waals surface area contributed by atoms with E-state index in [1.165, 1.54) is 31.2 Å². The van der Waals surface area contributed by atoms with Crippen molar-refractivity contribution in [3.63, 3.8) is 0 Å². The van der Waals surface area contributed by atoms with Crippen LogP contribution in [0.5, 0.6) is 5.75 Å². The number of benzene rings is 1. The smallest absolute Gasteiger partial charge is 0.303 e. The number of anilines is 1. The second kappa shape index (κ2) is 17.4. The lowest BCUT2D eigenvalue weighted by atomic mass is 9.94. The summed E-state index contributed by atoms with van der Waals surface area (Å²) in [5, 5.41) is 96.7. The lowest BCUT2D eigenvalue weighted by Gasteiger charge is -2.50. The van der Waals surface area contributed by atoms with Crippen molar-refractivity contribution in [1.29, 1.82) is 0 Å². The Kier molecular flexibility index (Phi) is 13.8. The third kappa shape index (κ3) is 9.41. The van der Waals surface area contributed by atoms with Crippen LogP contribution in [0.15, 0.2) is 24.3 Å². The molecule has 0 radical (unpaired) electrons. The van der Waals surface area contributed by atoms with Crippen LogP contribution in [0, 0.1) is 0 Å². The van der Waals surface area contributed by atoms with E-state index in [-0.39, 0.29) is 18.6 Å². The first-order valence-corrected chi connectivity index (χ1v) is 15.8. The van der Waals surface area contributed by atoms with Crippen LogP contribution < -0.4 is 15.4 Å². The van der Waals surface area contributed by atoms with Crippen molar-refractivity contribution in [3.05, 3.63) is 24.3 Å². The first-order valence-electron chi connectivity index (χ1n) is 15.8. The number of rotatable bonds is 13. The largest absolute Gasteiger partial charge is 0.481 e. The molecule has 3 aliphatic heterocycles. The predicted molar refractivity (Wildman–Crippen MR) is 162 cm³/mol. The molecule has 0 spiro atoms. The van der Waals surface area contributed by atoms with Crippen LogP contribution >= 0.6 is 0 Å². The van der Waals surface area contributed by atoms with E-state index in [4.69, 9.17) is 33.5 Å². The normalized spacial score (nSPS) is 39.0. The van der Waals surface area contributed by atoms with Crippen molar-refractivity contribution in [2.45, 2.75) is 119 Å². The Bertz CT molecular complexity index is 1290. The number of hydrogen-bond donors (Lipinski definition) is 11. The molecule has 3 aliphatic rings. The summed E-state index contributed by atoms with van der Waals surface area (Å²) in [6.45, 7) is 0.941. The molecule has 3 fully saturated rings. The molecule has 20 heteroatoms. The number of ether oxygens (including phenoxy) is 6. The van der Waals surface area contributed by atoms with E-state index in [0.717, 1.165) is 6.92 Å². The van der Waals surface area contributed by atoms with E-state index in [9.17, 15) is 55.2 Å². The molecule has 3 saturated heterocycles. The number of amides is 2. The van der Waals surface area contributed by atoms with Gasteiger partial charge in [0, 0.05) is 19.0 Å². The number of aliphatic hydroxyl groups excluding tert-OH is 8. The van der Waals surface area contributed by atoms with Crippen LogP contribution in [0.1, 0.15) is 26.7 Å². The summed E-state index contributed by atoms with van der Waals surface area (Å²) in [7, 11) is 0. The monoisotopic (exact) mass is 720 g/mol. The van der Waals surface area contributed by atoms with Crippen molar-refractivity contribution in [2.24, 2.45) is 0 Å². The van der Waals surface area contributed by atoms with E-state index >= 15 is 0 Å². The highest BCUT2D eigenvalue weighted by molar-refractivity contribution is 5.92. The summed E-state index contributed by atoms with van der Waals surface area (Å²) in [6.07, 6.45) is -23.2. The number of carbonyl (C=O) groups excluding carboxylic acids is 2. The summed E-state index contributed by atoms with van der Waals surface area (Å²) in [5.41, 5.74) is 0.302. The molecule has 2 amide bonds. The van der Waals surface area contributed by atoms with Gasteiger partial charge >= 0.3 is 5.97 Å². The van der Waals surface area contributed by atoms with Gasteiger partial charge in [0.15, 0.2) is 12.6 Å². The number of carbonyl (C=O) groups is 3. The maximum absolute atomic E-state index is 12.5. The maximum Gasteiger partial charge on any atom is 0.303 e. The van der Waals surface area contributed by atoms with Gasteiger partial charge in [-0.05, 0) is 31.2 Å². The van der Waals surface area contributed by atoms with Gasteiger partial charge < -0.3 is 85.0 Å². The molecule has 15 atom stereocenters. The van der Waals surface area contributed by atoms with Crippen LogP contribution in [0.25, 0.3) is 0 Å². The second-order valence-corrected chi connectivity index (χ2v) is 12.1. The highest BCUT2D eigenvalue weighted by Crippen LogP contribution is 2.34. The van der Waals surface area contributed by atoms with Gasteiger partial charge in [0.1, 0.15) is 72.8 Å². The molecule has 1 aromatic rings. The molecule has 0 aromatic heterocycles. The van der Waals surface area contributed by atoms with E-state index in [1.807, 2.05) is 0 Å². The average molecular weight is 721 g/mol. The van der Waals surface area contributed by atoms with Crippen molar-refractivity contribution in [1.82, 2.24) is 5.32 Å². The third-order valence-corrected chi connectivity index (χ3v) is 8.39. The molecule has 3 heterocycles. The van der Waals surface area contributed by atoms with Gasteiger partial charge in [-0.3, -0.25) is 14.4 Å². The summed E-state index contributed by atoms with van der Waals surface area (Å²) in [6, 6.07) is 4.31. The number of aliphatic hydroxyl groups is 8. The number of carboxylic acids is 1. The molecular weight excluding hydrogens is 676 g/mol. The molecule has 0 saturated carbocycles. The van der Waals surface area contributed by atoms with Crippen LogP contribution in [0.2, 0.25) is 0 Å². The molecule has 20 nitrogen and oxygen atoms in total. The van der Waals surface area contributed by atoms with Crippen molar-refractivity contribution < 1.29 is 88.8 Å². The highest BCUT2D eigenvalue weighted by Gasteiger charge is 2.55. The Balaban J connectivity index is 1.65. The van der Waals surface area contributed by atoms with Crippen LogP contribution in [-0.2, 0) is 38.1 Å². The Hall–Kier alpha value is -3.09. The molecular formula is C30H44N2O18. The minimum atomic E-state index is -1.90. The highest BCUT2D eigenvalue weighted by atomic mass is 16.8. The van der Waals surface area contributed by atoms with E-state index in [1.54, 1.807) is 0 Å². The molecule has 4 rings (SSSR count). The van der Waals surface area contributed by atoms with Crippen LogP contribution in [-0.4, -0.2) is 169 Å². The van der Waals surface area contributed by atoms with Crippen molar-refractivity contribution in [3.8, 4) is 5.75 Å². The zero-order valence-electron chi connectivity index (χ0n) is 27.0. The fraction of sp³-hybridized carbons (Fsp3) is 0.700.